The molecule has 0 aliphatic heterocycles. The molecule has 0 aliphatic carbocycles. The standard InChI is InChI=1S/C11H10BrN3O2S/c1-6-4-8(10(16)17)15-11(14-6)13-5-7-2-3-9(12)18-7/h2-4H,5H2,1H3,(H,16,17)(H,13,14,15). The molecule has 0 fully saturated rings. The van der Waals surface area contributed by atoms with Gasteiger partial charge in [0.15, 0.2) is 5.69 Å². The molecule has 0 atom stereocenters. The Kier molecular flexibility index (Phi) is 3.93. The van der Waals surface area contributed by atoms with E-state index >= 15 is 0 Å². The van der Waals surface area contributed by atoms with Crippen molar-refractivity contribution in [1.29, 1.82) is 0 Å². The van der Waals surface area contributed by atoms with Crippen LogP contribution in [-0.2, 0) is 6.54 Å². The van der Waals surface area contributed by atoms with E-state index in [1.54, 1.807) is 18.3 Å². The van der Waals surface area contributed by atoms with Crippen LogP contribution in [-0.4, -0.2) is 21.0 Å². The van der Waals surface area contributed by atoms with Gasteiger partial charge in [0, 0.05) is 10.6 Å². The minimum Gasteiger partial charge on any atom is -0.477 e. The smallest absolute Gasteiger partial charge is 0.354 e. The lowest BCUT2D eigenvalue weighted by Gasteiger charge is -2.05. The minimum absolute atomic E-state index is 0.00244. The maximum atomic E-state index is 10.9. The summed E-state index contributed by atoms with van der Waals surface area (Å²) >= 11 is 4.99. The fourth-order valence-corrected chi connectivity index (χ4v) is 2.79. The van der Waals surface area contributed by atoms with Crippen LogP contribution in [0.5, 0.6) is 0 Å². The quantitative estimate of drug-likeness (QED) is 0.903. The largest absolute Gasteiger partial charge is 0.477 e. The van der Waals surface area contributed by atoms with Gasteiger partial charge in [0.1, 0.15) is 0 Å². The number of aromatic nitrogens is 2. The van der Waals surface area contributed by atoms with Crippen molar-refractivity contribution in [2.24, 2.45) is 0 Å². The summed E-state index contributed by atoms with van der Waals surface area (Å²) in [5, 5.41) is 11.9. The summed E-state index contributed by atoms with van der Waals surface area (Å²) in [5.74, 6) is -0.723. The number of hydrogen-bond acceptors (Lipinski definition) is 5. The van der Waals surface area contributed by atoms with Crippen LogP contribution in [0.1, 0.15) is 21.1 Å². The van der Waals surface area contributed by atoms with Gasteiger partial charge in [-0.1, -0.05) is 0 Å². The number of aryl methyl sites for hydroxylation is 1. The lowest BCUT2D eigenvalue weighted by Crippen LogP contribution is -2.08. The van der Waals surface area contributed by atoms with Crippen LogP contribution in [0.25, 0.3) is 0 Å². The molecular weight excluding hydrogens is 318 g/mol. The number of carbonyl (C=O) groups is 1. The number of nitrogens with one attached hydrogen (secondary N) is 1. The Bertz CT molecular complexity index is 585. The SMILES string of the molecule is Cc1cc(C(=O)O)nc(NCc2ccc(Br)s2)n1. The van der Waals surface area contributed by atoms with Gasteiger partial charge in [-0.15, -0.1) is 11.3 Å². The summed E-state index contributed by atoms with van der Waals surface area (Å²) in [7, 11) is 0. The molecule has 0 unspecified atom stereocenters. The summed E-state index contributed by atoms with van der Waals surface area (Å²) in [5.41, 5.74) is 0.620. The zero-order chi connectivity index (χ0) is 13.1. The van der Waals surface area contributed by atoms with Crippen molar-refractivity contribution in [3.05, 3.63) is 38.3 Å². The van der Waals surface area contributed by atoms with Crippen molar-refractivity contribution in [1.82, 2.24) is 9.97 Å². The Hall–Kier alpha value is -1.47. The van der Waals surface area contributed by atoms with Gasteiger partial charge in [0.05, 0.1) is 10.3 Å². The van der Waals surface area contributed by atoms with Crippen molar-refractivity contribution in [3.63, 3.8) is 0 Å². The number of nitrogens with zero attached hydrogens (tertiary/aromatic N) is 2. The fraction of sp³-hybridized carbons (Fsp3) is 0.182. The van der Waals surface area contributed by atoms with Crippen LogP contribution in [0, 0.1) is 6.92 Å². The summed E-state index contributed by atoms with van der Waals surface area (Å²) in [6.45, 7) is 2.31. The molecule has 2 aromatic heterocycles. The van der Waals surface area contributed by atoms with Crippen molar-refractivity contribution >= 4 is 39.2 Å². The molecule has 0 radical (unpaired) electrons. The number of halogens is 1. The number of thiophene rings is 1. The molecule has 0 amide bonds. The molecule has 2 rings (SSSR count). The molecule has 2 aromatic rings. The van der Waals surface area contributed by atoms with Crippen LogP contribution in [0.15, 0.2) is 22.0 Å². The van der Waals surface area contributed by atoms with E-state index in [-0.39, 0.29) is 5.69 Å². The number of hydrogen-bond donors (Lipinski definition) is 2. The van der Waals surface area contributed by atoms with Crippen molar-refractivity contribution in [3.8, 4) is 0 Å². The van der Waals surface area contributed by atoms with Gasteiger partial charge in [0.25, 0.3) is 0 Å². The average molecular weight is 328 g/mol. The van der Waals surface area contributed by atoms with Gasteiger partial charge in [0.2, 0.25) is 5.95 Å². The van der Waals surface area contributed by atoms with Crippen LogP contribution >= 0.6 is 27.3 Å². The first-order valence-corrected chi connectivity index (χ1v) is 6.72. The van der Waals surface area contributed by atoms with Crippen LogP contribution in [0.3, 0.4) is 0 Å². The number of aromatic carboxylic acids is 1. The van der Waals surface area contributed by atoms with Gasteiger partial charge >= 0.3 is 5.97 Å². The fourth-order valence-electron chi connectivity index (χ4n) is 1.37. The summed E-state index contributed by atoms with van der Waals surface area (Å²) in [4.78, 5) is 20.0. The van der Waals surface area contributed by atoms with E-state index in [4.69, 9.17) is 5.11 Å². The second-order valence-corrected chi connectivity index (χ2v) is 6.13. The van der Waals surface area contributed by atoms with Crippen LogP contribution < -0.4 is 5.32 Å². The van der Waals surface area contributed by atoms with E-state index in [0.717, 1.165) is 8.66 Å². The highest BCUT2D eigenvalue weighted by Gasteiger charge is 2.08. The summed E-state index contributed by atoms with van der Waals surface area (Å²) < 4.78 is 1.05. The number of carboxylic acid groups (broad SMARTS) is 1. The first-order valence-electron chi connectivity index (χ1n) is 5.11. The maximum absolute atomic E-state index is 10.9. The third-order valence-corrected chi connectivity index (χ3v) is 3.75. The molecule has 0 spiro atoms. The van der Waals surface area contributed by atoms with E-state index in [9.17, 15) is 4.79 Å². The second kappa shape index (κ2) is 5.45. The van der Waals surface area contributed by atoms with Gasteiger partial charge in [-0.2, -0.15) is 0 Å². The Morgan fingerprint density at radius 2 is 2.28 bits per heavy atom. The van der Waals surface area contributed by atoms with E-state index < -0.39 is 5.97 Å². The second-order valence-electron chi connectivity index (χ2n) is 3.58. The van der Waals surface area contributed by atoms with E-state index in [2.05, 4.69) is 31.2 Å². The molecule has 0 saturated carbocycles. The van der Waals surface area contributed by atoms with Crippen molar-refractivity contribution in [2.45, 2.75) is 13.5 Å². The third-order valence-electron chi connectivity index (χ3n) is 2.12. The van der Waals surface area contributed by atoms with Gasteiger partial charge in [-0.25, -0.2) is 14.8 Å². The lowest BCUT2D eigenvalue weighted by atomic mass is 10.3. The molecule has 2 N–H and O–H groups in total. The zero-order valence-corrected chi connectivity index (χ0v) is 11.9. The minimum atomic E-state index is -1.05. The molecule has 0 aromatic carbocycles. The number of anilines is 1. The Labute approximate surface area is 116 Å². The predicted molar refractivity (Wildman–Crippen MR) is 73.1 cm³/mol. The summed E-state index contributed by atoms with van der Waals surface area (Å²) in [6, 6.07) is 5.38. The molecule has 2 heterocycles. The monoisotopic (exact) mass is 327 g/mol. The van der Waals surface area contributed by atoms with E-state index in [1.165, 1.54) is 6.07 Å². The molecule has 0 aliphatic rings. The molecule has 7 heteroatoms. The maximum Gasteiger partial charge on any atom is 0.354 e. The molecular formula is C11H10BrN3O2S. The first kappa shape index (κ1) is 13.0. The highest BCUT2D eigenvalue weighted by Crippen LogP contribution is 2.22. The Morgan fingerprint density at radius 1 is 1.50 bits per heavy atom. The highest BCUT2D eigenvalue weighted by molar-refractivity contribution is 9.11. The number of rotatable bonds is 4. The Balaban J connectivity index is 2.11. The number of carboxylic acids is 1. The van der Waals surface area contributed by atoms with Crippen molar-refractivity contribution < 1.29 is 9.90 Å². The van der Waals surface area contributed by atoms with Gasteiger partial charge in [-0.05, 0) is 41.1 Å². The van der Waals surface area contributed by atoms with Gasteiger partial charge in [-0.3, -0.25) is 0 Å². The highest BCUT2D eigenvalue weighted by atomic mass is 79.9. The third kappa shape index (κ3) is 3.27. The Morgan fingerprint density at radius 3 is 2.89 bits per heavy atom. The molecule has 0 saturated heterocycles. The normalized spacial score (nSPS) is 10.3. The first-order chi connectivity index (χ1) is 8.54. The van der Waals surface area contributed by atoms with Gasteiger partial charge < -0.3 is 10.4 Å². The molecule has 5 nitrogen and oxygen atoms in total. The predicted octanol–water partition coefficient (Wildman–Crippen LogP) is 2.92. The van der Waals surface area contributed by atoms with E-state index in [1.807, 2.05) is 12.1 Å². The van der Waals surface area contributed by atoms with E-state index in [0.29, 0.717) is 18.2 Å². The van der Waals surface area contributed by atoms with Crippen LogP contribution in [0.4, 0.5) is 5.95 Å². The topological polar surface area (TPSA) is 75.1 Å². The van der Waals surface area contributed by atoms with Crippen molar-refractivity contribution in [2.75, 3.05) is 5.32 Å². The molecule has 18 heavy (non-hydrogen) atoms. The lowest BCUT2D eigenvalue weighted by molar-refractivity contribution is 0.0690. The zero-order valence-electron chi connectivity index (χ0n) is 9.48. The molecule has 94 valence electrons. The molecule has 0 bridgehead atoms. The van der Waals surface area contributed by atoms with Crippen LogP contribution in [0.2, 0.25) is 0 Å². The summed E-state index contributed by atoms with van der Waals surface area (Å²) in [6.07, 6.45) is 0. The average Bonchev–Trinajstić information content (AvgIpc) is 2.72.